The third-order valence-corrected chi connectivity index (χ3v) is 9.72. The minimum Gasteiger partial charge on any atom is -0.368 e. The molecule has 178 valence electrons. The van der Waals surface area contributed by atoms with E-state index in [0.717, 1.165) is 10.1 Å². The van der Waals surface area contributed by atoms with Crippen LogP contribution in [-0.2, 0) is 0 Å². The van der Waals surface area contributed by atoms with Crippen LogP contribution >= 0.6 is 43.5 Å². The highest BCUT2D eigenvalue weighted by Gasteiger charge is 2.15. The number of nitrogens with one attached hydrogen (secondary N) is 1. The maximum absolute atomic E-state index is 4.21. The van der Waals surface area contributed by atoms with Crippen LogP contribution in [0.1, 0.15) is 38.5 Å². The number of hydrogen-bond acceptors (Lipinski definition) is 8. The van der Waals surface area contributed by atoms with Crippen LogP contribution in [0.15, 0.2) is 83.4 Å². The molecular formula is C24H33N5S4. The summed E-state index contributed by atoms with van der Waals surface area (Å²) in [6, 6.07) is 15.6. The summed E-state index contributed by atoms with van der Waals surface area (Å²) in [4.78, 5) is 11.3. The molecule has 0 radical (unpaired) electrons. The molecule has 0 bridgehead atoms. The van der Waals surface area contributed by atoms with Crippen LogP contribution in [0, 0.1) is 0 Å². The predicted molar refractivity (Wildman–Crippen MR) is 147 cm³/mol. The molecule has 0 spiro atoms. The second-order valence-electron chi connectivity index (χ2n) is 7.52. The Hall–Kier alpha value is -1.10. The van der Waals surface area contributed by atoms with Gasteiger partial charge in [0.15, 0.2) is 0 Å². The lowest BCUT2D eigenvalue weighted by Gasteiger charge is -2.29. The van der Waals surface area contributed by atoms with Crippen LogP contribution in [0.2, 0.25) is 0 Å². The molecule has 5 nitrogen and oxygen atoms in total. The molecule has 2 fully saturated rings. The van der Waals surface area contributed by atoms with Gasteiger partial charge in [-0.2, -0.15) is 0 Å². The van der Waals surface area contributed by atoms with E-state index in [1.165, 1.54) is 64.7 Å². The SMILES string of the molecule is C1CCN(SSN2CCCCC2)CC1.c1cc[nH]c1.c1ccc(SSc2ccccn2)nc1. The summed E-state index contributed by atoms with van der Waals surface area (Å²) < 4.78 is 5.06. The largest absolute Gasteiger partial charge is 0.368 e. The van der Waals surface area contributed by atoms with E-state index in [1.807, 2.05) is 82.9 Å². The maximum Gasteiger partial charge on any atom is 0.107 e. The van der Waals surface area contributed by atoms with Gasteiger partial charge in [0.1, 0.15) is 10.1 Å². The van der Waals surface area contributed by atoms with E-state index in [0.29, 0.717) is 0 Å². The zero-order valence-corrected chi connectivity index (χ0v) is 22.2. The number of aromatic amines is 1. The zero-order valence-electron chi connectivity index (χ0n) is 18.9. The van der Waals surface area contributed by atoms with E-state index in [-0.39, 0.29) is 0 Å². The second kappa shape index (κ2) is 17.4. The van der Waals surface area contributed by atoms with Crippen molar-refractivity contribution in [1.29, 1.82) is 0 Å². The average Bonchev–Trinajstić information content (AvgIpc) is 3.50. The van der Waals surface area contributed by atoms with Crippen LogP contribution < -0.4 is 0 Å². The molecule has 0 saturated carbocycles. The van der Waals surface area contributed by atoms with Gasteiger partial charge in [-0.25, -0.2) is 18.6 Å². The summed E-state index contributed by atoms with van der Waals surface area (Å²) in [6.07, 6.45) is 15.8. The lowest BCUT2D eigenvalue weighted by Crippen LogP contribution is -2.26. The summed E-state index contributed by atoms with van der Waals surface area (Å²) >= 11 is 0. The molecule has 5 heterocycles. The smallest absolute Gasteiger partial charge is 0.107 e. The van der Waals surface area contributed by atoms with Crippen molar-refractivity contribution in [3.63, 3.8) is 0 Å². The van der Waals surface area contributed by atoms with Gasteiger partial charge in [-0.05, 0) is 83.7 Å². The number of pyridine rings is 2. The van der Waals surface area contributed by atoms with Crippen molar-refractivity contribution >= 4 is 43.5 Å². The number of H-pyrrole nitrogens is 1. The Morgan fingerprint density at radius 1 is 0.576 bits per heavy atom. The van der Waals surface area contributed by atoms with Crippen molar-refractivity contribution in [2.24, 2.45) is 0 Å². The van der Waals surface area contributed by atoms with Gasteiger partial charge in [-0.3, -0.25) is 0 Å². The van der Waals surface area contributed by atoms with Crippen LogP contribution in [0.4, 0.5) is 0 Å². The molecule has 0 aliphatic carbocycles. The Morgan fingerprint density at radius 3 is 1.36 bits per heavy atom. The first kappa shape index (κ1) is 26.5. The monoisotopic (exact) mass is 519 g/mol. The molecule has 1 N–H and O–H groups in total. The summed E-state index contributed by atoms with van der Waals surface area (Å²) in [5, 5.41) is 2.01. The van der Waals surface area contributed by atoms with Crippen molar-refractivity contribution in [1.82, 2.24) is 23.6 Å². The Morgan fingerprint density at radius 2 is 1.03 bits per heavy atom. The molecule has 0 aromatic carbocycles. The van der Waals surface area contributed by atoms with Gasteiger partial charge >= 0.3 is 0 Å². The molecule has 0 atom stereocenters. The lowest BCUT2D eigenvalue weighted by atomic mass is 10.2. The van der Waals surface area contributed by atoms with Crippen LogP contribution in [0.5, 0.6) is 0 Å². The van der Waals surface area contributed by atoms with Gasteiger partial charge in [0.25, 0.3) is 0 Å². The van der Waals surface area contributed by atoms with Crippen LogP contribution in [0.3, 0.4) is 0 Å². The number of nitrogens with zero attached hydrogens (tertiary/aromatic N) is 4. The molecule has 0 unspecified atom stereocenters. The Bertz CT molecular complexity index is 737. The fraction of sp³-hybridized carbons (Fsp3) is 0.417. The molecule has 0 amide bonds. The standard InChI is InChI=1S/C10H8N2S2.C10H20N2S2.C4H5N/c1-3-7-11-9(5-1)13-14-10-6-2-4-8-12-10;1-3-7-11(8-4-1)13-14-12-9-5-2-6-10-12;1-2-4-5-3-1/h1-8H;1-10H2;1-5H. The molecule has 3 aromatic heterocycles. The van der Waals surface area contributed by atoms with Crippen molar-refractivity contribution in [3.8, 4) is 0 Å². The summed E-state index contributed by atoms with van der Waals surface area (Å²) in [6.45, 7) is 5.19. The Balaban J connectivity index is 0.000000154. The molecular weight excluding hydrogens is 487 g/mol. The Labute approximate surface area is 214 Å². The molecule has 5 rings (SSSR count). The molecule has 2 aliphatic rings. The normalized spacial score (nSPS) is 16.7. The van der Waals surface area contributed by atoms with E-state index in [1.54, 1.807) is 34.0 Å². The maximum atomic E-state index is 4.21. The van der Waals surface area contributed by atoms with Gasteiger partial charge in [-0.15, -0.1) is 0 Å². The van der Waals surface area contributed by atoms with Crippen molar-refractivity contribution in [2.45, 2.75) is 48.6 Å². The fourth-order valence-corrected chi connectivity index (χ4v) is 7.34. The van der Waals surface area contributed by atoms with E-state index in [2.05, 4.69) is 23.6 Å². The molecule has 3 aromatic rings. The Kier molecular flexibility index (Phi) is 13.9. The zero-order chi connectivity index (χ0) is 22.8. The quantitative estimate of drug-likeness (QED) is 0.266. The van der Waals surface area contributed by atoms with Crippen LogP contribution in [0.25, 0.3) is 0 Å². The lowest BCUT2D eigenvalue weighted by molar-refractivity contribution is 0.377. The highest BCUT2D eigenvalue weighted by atomic mass is 33.1. The molecule has 33 heavy (non-hydrogen) atoms. The minimum atomic E-state index is 1.00. The highest BCUT2D eigenvalue weighted by Crippen LogP contribution is 2.34. The first-order chi connectivity index (χ1) is 16.4. The summed E-state index contributed by atoms with van der Waals surface area (Å²) in [7, 11) is 7.19. The number of piperidine rings is 2. The third kappa shape index (κ3) is 12.2. The number of rotatable bonds is 6. The minimum absolute atomic E-state index is 1.00. The molecule has 2 saturated heterocycles. The topological polar surface area (TPSA) is 48.0 Å². The first-order valence-electron chi connectivity index (χ1n) is 11.5. The first-order valence-corrected chi connectivity index (χ1v) is 15.7. The van der Waals surface area contributed by atoms with Crippen molar-refractivity contribution < 1.29 is 0 Å². The van der Waals surface area contributed by atoms with E-state index >= 15 is 0 Å². The van der Waals surface area contributed by atoms with Crippen molar-refractivity contribution in [2.75, 3.05) is 26.2 Å². The molecule has 9 heteroatoms. The van der Waals surface area contributed by atoms with Gasteiger partial charge in [-0.1, -0.05) is 25.0 Å². The van der Waals surface area contributed by atoms with Gasteiger partial charge in [0.2, 0.25) is 0 Å². The summed E-state index contributed by atoms with van der Waals surface area (Å²) in [5.41, 5.74) is 0. The van der Waals surface area contributed by atoms with Gasteiger partial charge in [0.05, 0.1) is 0 Å². The van der Waals surface area contributed by atoms with E-state index < -0.39 is 0 Å². The number of hydrogen-bond donors (Lipinski definition) is 1. The second-order valence-corrected chi connectivity index (χ2v) is 11.9. The number of aromatic nitrogens is 3. The fourth-order valence-electron chi connectivity index (χ4n) is 3.13. The van der Waals surface area contributed by atoms with Gasteiger partial charge in [0, 0.05) is 72.9 Å². The third-order valence-electron chi connectivity index (χ3n) is 4.86. The van der Waals surface area contributed by atoms with Gasteiger partial charge < -0.3 is 4.98 Å². The predicted octanol–water partition coefficient (Wildman–Crippen LogP) is 7.46. The summed E-state index contributed by atoms with van der Waals surface area (Å²) in [5.74, 6) is 0. The van der Waals surface area contributed by atoms with Crippen molar-refractivity contribution in [3.05, 3.63) is 73.3 Å². The van der Waals surface area contributed by atoms with Crippen LogP contribution in [-0.4, -0.2) is 49.7 Å². The van der Waals surface area contributed by atoms with E-state index in [9.17, 15) is 0 Å². The average molecular weight is 520 g/mol. The van der Waals surface area contributed by atoms with E-state index in [4.69, 9.17) is 0 Å². The molecule has 2 aliphatic heterocycles. The highest BCUT2D eigenvalue weighted by molar-refractivity contribution is 8.76.